The molecule has 1 heterocycles. The van der Waals surface area contributed by atoms with E-state index < -0.39 is 36.4 Å². The monoisotopic (exact) mass is 400 g/mol. The van der Waals surface area contributed by atoms with Crippen molar-refractivity contribution in [3.05, 3.63) is 12.2 Å². The normalized spacial score (nSPS) is 22.8. The summed E-state index contributed by atoms with van der Waals surface area (Å²) in [5, 5.41) is 16.2. The molecule has 0 radical (unpaired) electrons. The van der Waals surface area contributed by atoms with Crippen LogP contribution in [-0.2, 0) is 23.8 Å². The Balaban J connectivity index is 2.89. The second-order valence-corrected chi connectivity index (χ2v) is 8.12. The molecule has 8 heteroatoms. The average molecular weight is 401 g/mol. The van der Waals surface area contributed by atoms with E-state index in [0.717, 1.165) is 12.8 Å². The summed E-state index contributed by atoms with van der Waals surface area (Å²) < 4.78 is 16.1. The molecule has 0 bridgehead atoms. The molecule has 1 rings (SSSR count). The van der Waals surface area contributed by atoms with Crippen molar-refractivity contribution in [1.82, 2.24) is 10.6 Å². The van der Waals surface area contributed by atoms with Crippen LogP contribution in [0.3, 0.4) is 0 Å². The maximum absolute atomic E-state index is 12.7. The summed E-state index contributed by atoms with van der Waals surface area (Å²) in [7, 11) is 4.28. The van der Waals surface area contributed by atoms with Gasteiger partial charge >= 0.3 is 0 Å². The van der Waals surface area contributed by atoms with Gasteiger partial charge in [-0.1, -0.05) is 32.9 Å². The van der Waals surface area contributed by atoms with E-state index in [2.05, 4.69) is 10.6 Å². The summed E-state index contributed by atoms with van der Waals surface area (Å²) in [6.45, 7) is 6.72. The Morgan fingerprint density at radius 1 is 1.21 bits per heavy atom. The number of aliphatic hydroxyl groups is 1. The van der Waals surface area contributed by atoms with Gasteiger partial charge in [0.15, 0.2) is 6.10 Å². The van der Waals surface area contributed by atoms with Gasteiger partial charge in [0.2, 0.25) is 5.91 Å². The molecule has 1 fully saturated rings. The smallest absolute Gasteiger partial charge is 0.252 e. The first-order chi connectivity index (χ1) is 13.1. The summed E-state index contributed by atoms with van der Waals surface area (Å²) in [4.78, 5) is 24.8. The number of nitrogens with one attached hydrogen (secondary N) is 2. The fourth-order valence-electron chi connectivity index (χ4n) is 3.08. The molecule has 162 valence electrons. The van der Waals surface area contributed by atoms with Crippen LogP contribution in [0.5, 0.6) is 0 Å². The van der Waals surface area contributed by atoms with E-state index in [1.807, 2.05) is 26.8 Å². The topological polar surface area (TPSA) is 106 Å². The number of aliphatic hydroxyl groups excluding tert-OH is 1. The van der Waals surface area contributed by atoms with Crippen LogP contribution in [0.2, 0.25) is 0 Å². The van der Waals surface area contributed by atoms with Crippen LogP contribution in [0.25, 0.3) is 0 Å². The molecule has 2 amide bonds. The van der Waals surface area contributed by atoms with Crippen molar-refractivity contribution in [2.75, 3.05) is 27.9 Å². The first-order valence-corrected chi connectivity index (χ1v) is 9.68. The Labute approximate surface area is 168 Å². The minimum absolute atomic E-state index is 0.0785. The second kappa shape index (κ2) is 11.5. The number of methoxy groups -OCH3 is 3. The van der Waals surface area contributed by atoms with Crippen LogP contribution in [0.4, 0.5) is 0 Å². The van der Waals surface area contributed by atoms with Gasteiger partial charge < -0.3 is 30.0 Å². The van der Waals surface area contributed by atoms with Gasteiger partial charge in [0.1, 0.15) is 24.4 Å². The van der Waals surface area contributed by atoms with E-state index >= 15 is 0 Å². The van der Waals surface area contributed by atoms with Gasteiger partial charge in [-0.3, -0.25) is 9.59 Å². The van der Waals surface area contributed by atoms with E-state index in [4.69, 9.17) is 14.2 Å². The van der Waals surface area contributed by atoms with Gasteiger partial charge in [-0.2, -0.15) is 0 Å². The van der Waals surface area contributed by atoms with E-state index in [1.54, 1.807) is 6.08 Å². The predicted octanol–water partition coefficient (Wildman–Crippen LogP) is 0.780. The Hall–Kier alpha value is -1.48. The molecule has 3 N–H and O–H groups in total. The van der Waals surface area contributed by atoms with Gasteiger partial charge in [-0.15, -0.1) is 0 Å². The molecule has 0 saturated carbocycles. The van der Waals surface area contributed by atoms with Crippen LogP contribution >= 0.6 is 0 Å². The van der Waals surface area contributed by atoms with Crippen molar-refractivity contribution in [2.24, 2.45) is 5.41 Å². The Morgan fingerprint density at radius 3 is 2.43 bits per heavy atom. The molecule has 8 nitrogen and oxygen atoms in total. The molecular weight excluding hydrogens is 364 g/mol. The Bertz CT molecular complexity index is 531. The number of carbonyl (C=O) groups excluding carboxylic acids is 2. The largest absolute Gasteiger partial charge is 0.387 e. The third-order valence-electron chi connectivity index (χ3n) is 4.66. The lowest BCUT2D eigenvalue weighted by Crippen LogP contribution is -2.56. The Morgan fingerprint density at radius 2 is 1.89 bits per heavy atom. The van der Waals surface area contributed by atoms with Crippen LogP contribution in [-0.4, -0.2) is 75.3 Å². The first kappa shape index (κ1) is 24.6. The SMILES string of the molecule is CO[C@H]([C@@H](O)[C@@H](OC)C(=O)N[C@H]1CCCCNC1=O)[C@@H](C=CC(C)(C)C)OC. The summed E-state index contributed by atoms with van der Waals surface area (Å²) in [6.07, 6.45) is 2.10. The summed E-state index contributed by atoms with van der Waals surface area (Å²) in [5.74, 6) is -0.782. The molecule has 0 aliphatic carbocycles. The zero-order valence-electron chi connectivity index (χ0n) is 17.9. The van der Waals surface area contributed by atoms with Crippen molar-refractivity contribution >= 4 is 11.8 Å². The fraction of sp³-hybridized carbons (Fsp3) is 0.800. The number of ether oxygens (including phenoxy) is 3. The molecule has 0 aromatic heterocycles. The summed E-state index contributed by atoms with van der Waals surface area (Å²) in [5.41, 5.74) is -0.0785. The minimum Gasteiger partial charge on any atom is -0.387 e. The highest BCUT2D eigenvalue weighted by atomic mass is 16.5. The third kappa shape index (κ3) is 7.50. The first-order valence-electron chi connectivity index (χ1n) is 9.68. The molecule has 1 saturated heterocycles. The number of allylic oxidation sites excluding steroid dienone is 1. The van der Waals surface area contributed by atoms with E-state index in [-0.39, 0.29) is 11.3 Å². The molecule has 0 spiro atoms. The van der Waals surface area contributed by atoms with Gasteiger partial charge in [-0.05, 0) is 24.7 Å². The van der Waals surface area contributed by atoms with Crippen LogP contribution in [0.15, 0.2) is 12.2 Å². The quantitative estimate of drug-likeness (QED) is 0.494. The van der Waals surface area contributed by atoms with Crippen LogP contribution < -0.4 is 10.6 Å². The van der Waals surface area contributed by atoms with Gasteiger partial charge in [0.05, 0.1) is 0 Å². The third-order valence-corrected chi connectivity index (χ3v) is 4.66. The molecular formula is C20H36N2O6. The van der Waals surface area contributed by atoms with E-state index in [9.17, 15) is 14.7 Å². The van der Waals surface area contributed by atoms with Crippen LogP contribution in [0, 0.1) is 5.41 Å². The summed E-state index contributed by atoms with van der Waals surface area (Å²) in [6, 6.07) is -0.639. The standard InChI is InChI=1S/C20H36N2O6/c1-20(2,3)11-10-14(26-4)16(27-5)15(23)17(28-6)19(25)22-13-9-7-8-12-21-18(13)24/h10-11,13-17,23H,7-9,12H2,1-6H3,(H,21,24)(H,22,25)/t13-,14+,15+,16-,17+/m0/s1. The van der Waals surface area contributed by atoms with Crippen molar-refractivity contribution in [3.8, 4) is 0 Å². The lowest BCUT2D eigenvalue weighted by Gasteiger charge is -2.32. The molecule has 0 aromatic rings. The van der Waals surface area contributed by atoms with E-state index in [0.29, 0.717) is 13.0 Å². The van der Waals surface area contributed by atoms with E-state index in [1.165, 1.54) is 21.3 Å². The minimum atomic E-state index is -1.29. The molecule has 1 aliphatic heterocycles. The number of hydrogen-bond donors (Lipinski definition) is 3. The lowest BCUT2D eigenvalue weighted by atomic mass is 9.93. The zero-order chi connectivity index (χ0) is 21.3. The molecule has 28 heavy (non-hydrogen) atoms. The van der Waals surface area contributed by atoms with Gasteiger partial charge in [0.25, 0.3) is 5.91 Å². The average Bonchev–Trinajstić information content (AvgIpc) is 2.82. The molecule has 1 aliphatic rings. The van der Waals surface area contributed by atoms with Crippen LogP contribution in [0.1, 0.15) is 40.0 Å². The predicted molar refractivity (Wildman–Crippen MR) is 106 cm³/mol. The second-order valence-electron chi connectivity index (χ2n) is 8.12. The maximum Gasteiger partial charge on any atom is 0.252 e. The van der Waals surface area contributed by atoms with Crippen molar-refractivity contribution in [1.29, 1.82) is 0 Å². The summed E-state index contributed by atoms with van der Waals surface area (Å²) >= 11 is 0. The van der Waals surface area contributed by atoms with Crippen molar-refractivity contribution in [3.63, 3.8) is 0 Å². The fourth-order valence-corrected chi connectivity index (χ4v) is 3.08. The molecule has 5 atom stereocenters. The van der Waals surface area contributed by atoms with Crippen molar-refractivity contribution < 1.29 is 28.9 Å². The molecule has 0 aromatic carbocycles. The highest BCUT2D eigenvalue weighted by molar-refractivity contribution is 5.89. The number of hydrogen-bond acceptors (Lipinski definition) is 6. The maximum atomic E-state index is 12.7. The molecule has 0 unspecified atom stereocenters. The zero-order valence-corrected chi connectivity index (χ0v) is 17.9. The highest BCUT2D eigenvalue weighted by Gasteiger charge is 2.38. The van der Waals surface area contributed by atoms with Gasteiger partial charge in [-0.25, -0.2) is 0 Å². The highest BCUT2D eigenvalue weighted by Crippen LogP contribution is 2.19. The van der Waals surface area contributed by atoms with Crippen molar-refractivity contribution in [2.45, 2.75) is 70.5 Å². The lowest BCUT2D eigenvalue weighted by molar-refractivity contribution is -0.155. The van der Waals surface area contributed by atoms with Gasteiger partial charge in [0, 0.05) is 27.9 Å². The number of carbonyl (C=O) groups is 2. The Kier molecular flexibility index (Phi) is 10.1. The number of amides is 2. The number of rotatable bonds is 9.